The lowest BCUT2D eigenvalue weighted by molar-refractivity contribution is 0.0947. The lowest BCUT2D eigenvalue weighted by Crippen LogP contribution is -2.33. The third kappa shape index (κ3) is 6.64. The van der Waals surface area contributed by atoms with E-state index in [-0.39, 0.29) is 11.9 Å². The molecule has 0 aliphatic carbocycles. The molecule has 1 N–H and O–H groups in total. The van der Waals surface area contributed by atoms with Gasteiger partial charge in [-0.2, -0.15) is 0 Å². The van der Waals surface area contributed by atoms with Crippen LogP contribution in [0.25, 0.3) is 0 Å². The smallest absolute Gasteiger partial charge is 0.270 e. The second-order valence-corrected chi connectivity index (χ2v) is 7.31. The Morgan fingerprint density at radius 2 is 1.85 bits per heavy atom. The first-order valence-corrected chi connectivity index (χ1v) is 9.46. The maximum Gasteiger partial charge on any atom is 0.270 e. The highest BCUT2D eigenvalue weighted by Gasteiger charge is 2.17. The van der Waals surface area contributed by atoms with Gasteiger partial charge in [-0.05, 0) is 59.5 Å². The Balaban J connectivity index is 2.14. The Hall–Kier alpha value is -2.47. The molecule has 1 aromatic heterocycles. The van der Waals surface area contributed by atoms with Crippen molar-refractivity contribution in [2.24, 2.45) is 0 Å². The molecule has 146 valence electrons. The van der Waals surface area contributed by atoms with Crippen LogP contribution in [-0.4, -0.2) is 54.0 Å². The van der Waals surface area contributed by atoms with E-state index >= 15 is 0 Å². The molecule has 0 aliphatic heterocycles. The van der Waals surface area contributed by atoms with Crippen molar-refractivity contribution in [2.75, 3.05) is 32.1 Å². The van der Waals surface area contributed by atoms with E-state index in [1.807, 2.05) is 39.2 Å². The largest absolute Gasteiger partial charge is 0.351 e. The summed E-state index contributed by atoms with van der Waals surface area (Å²) in [4.78, 5) is 25.9. The van der Waals surface area contributed by atoms with E-state index in [0.29, 0.717) is 24.7 Å². The number of nitrogens with one attached hydrogen (secondary N) is 1. The first kappa shape index (κ1) is 20.8. The van der Waals surface area contributed by atoms with Gasteiger partial charge in [-0.15, -0.1) is 0 Å². The molecule has 0 atom stereocenters. The molecule has 27 heavy (non-hydrogen) atoms. The first-order chi connectivity index (χ1) is 12.9. The van der Waals surface area contributed by atoms with Crippen LogP contribution in [-0.2, 0) is 6.54 Å². The van der Waals surface area contributed by atoms with E-state index in [1.54, 1.807) is 6.07 Å². The summed E-state index contributed by atoms with van der Waals surface area (Å²) in [5.74, 6) is 0.441. The van der Waals surface area contributed by atoms with Gasteiger partial charge in [0.05, 0.1) is 0 Å². The van der Waals surface area contributed by atoms with Gasteiger partial charge in [0.15, 0.2) is 0 Å². The third-order valence-electron chi connectivity index (χ3n) is 4.22. The van der Waals surface area contributed by atoms with Crippen molar-refractivity contribution in [3.05, 3.63) is 53.3 Å². The van der Waals surface area contributed by atoms with Gasteiger partial charge in [0.25, 0.3) is 5.91 Å². The molecule has 0 aliphatic rings. The number of aryl methyl sites for hydroxylation is 1. The molecule has 0 spiro atoms. The van der Waals surface area contributed by atoms with Crippen LogP contribution in [0, 0.1) is 6.92 Å². The van der Waals surface area contributed by atoms with Gasteiger partial charge in [-0.25, -0.2) is 9.97 Å². The number of rotatable bonds is 9. The monoisotopic (exact) mass is 369 g/mol. The van der Waals surface area contributed by atoms with Crippen molar-refractivity contribution in [1.82, 2.24) is 20.2 Å². The molecule has 6 heteroatoms. The van der Waals surface area contributed by atoms with Crippen LogP contribution >= 0.6 is 0 Å². The lowest BCUT2D eigenvalue weighted by Gasteiger charge is -2.27. The van der Waals surface area contributed by atoms with Crippen molar-refractivity contribution in [3.63, 3.8) is 0 Å². The number of hydrogen-bond donors (Lipinski definition) is 1. The van der Waals surface area contributed by atoms with Crippen LogP contribution in [0.2, 0.25) is 0 Å². The number of aromatic nitrogens is 2. The van der Waals surface area contributed by atoms with E-state index in [0.717, 1.165) is 18.7 Å². The fourth-order valence-electron chi connectivity index (χ4n) is 2.75. The molecule has 0 radical (unpaired) electrons. The lowest BCUT2D eigenvalue weighted by atomic mass is 10.2. The second kappa shape index (κ2) is 10.0. The van der Waals surface area contributed by atoms with Gasteiger partial charge in [-0.1, -0.05) is 30.3 Å². The topological polar surface area (TPSA) is 61.4 Å². The molecule has 2 rings (SSSR count). The molecular formula is C21H31N5O. The summed E-state index contributed by atoms with van der Waals surface area (Å²) in [7, 11) is 4.05. The van der Waals surface area contributed by atoms with Crippen molar-refractivity contribution >= 4 is 11.9 Å². The first-order valence-electron chi connectivity index (χ1n) is 9.46. The summed E-state index contributed by atoms with van der Waals surface area (Å²) >= 11 is 0. The summed E-state index contributed by atoms with van der Waals surface area (Å²) in [5, 5.41) is 2.95. The average molecular weight is 370 g/mol. The van der Waals surface area contributed by atoms with Crippen LogP contribution in [0.4, 0.5) is 5.95 Å². The van der Waals surface area contributed by atoms with Crippen molar-refractivity contribution in [3.8, 4) is 0 Å². The summed E-state index contributed by atoms with van der Waals surface area (Å²) in [6, 6.07) is 12.2. The van der Waals surface area contributed by atoms with E-state index in [2.05, 4.69) is 51.1 Å². The van der Waals surface area contributed by atoms with Crippen LogP contribution in [0.1, 0.15) is 42.0 Å². The normalized spacial score (nSPS) is 11.1. The quantitative estimate of drug-likeness (QED) is 0.689. The molecule has 0 bridgehead atoms. The summed E-state index contributed by atoms with van der Waals surface area (Å²) in [5.41, 5.74) is 2.39. The summed E-state index contributed by atoms with van der Waals surface area (Å²) < 4.78 is 0. The number of hydrogen-bond acceptors (Lipinski definition) is 5. The van der Waals surface area contributed by atoms with Gasteiger partial charge in [0, 0.05) is 24.8 Å². The highest BCUT2D eigenvalue weighted by Crippen LogP contribution is 2.17. The summed E-state index contributed by atoms with van der Waals surface area (Å²) in [6.07, 6.45) is 0.905. The van der Waals surface area contributed by atoms with Gasteiger partial charge in [0.2, 0.25) is 5.95 Å². The highest BCUT2D eigenvalue weighted by atomic mass is 16.1. The second-order valence-electron chi connectivity index (χ2n) is 7.31. The molecule has 2 aromatic rings. The fourth-order valence-corrected chi connectivity index (χ4v) is 2.75. The Morgan fingerprint density at radius 1 is 1.15 bits per heavy atom. The molecule has 0 fully saturated rings. The van der Waals surface area contributed by atoms with Gasteiger partial charge in [-0.3, -0.25) is 4.79 Å². The molecule has 1 heterocycles. The Kier molecular flexibility index (Phi) is 7.73. The molecule has 6 nitrogen and oxygen atoms in total. The van der Waals surface area contributed by atoms with Crippen LogP contribution < -0.4 is 10.2 Å². The van der Waals surface area contributed by atoms with Gasteiger partial charge >= 0.3 is 0 Å². The minimum absolute atomic E-state index is 0.149. The molecule has 1 amide bonds. The number of amides is 1. The predicted octanol–water partition coefficient (Wildman–Crippen LogP) is 2.88. The average Bonchev–Trinajstić information content (AvgIpc) is 2.63. The zero-order valence-corrected chi connectivity index (χ0v) is 17.1. The van der Waals surface area contributed by atoms with E-state index in [9.17, 15) is 4.79 Å². The zero-order valence-electron chi connectivity index (χ0n) is 17.1. The molecule has 0 unspecified atom stereocenters. The standard InChI is InChI=1S/C21H31N5O/c1-16(2)26(15-18-10-7-6-8-11-18)21-23-17(3)14-19(24-21)20(27)22-12-9-13-25(4)5/h6-8,10-11,14,16H,9,12-13,15H2,1-5H3,(H,22,27). The number of carbonyl (C=O) groups excluding carboxylic acids is 1. The summed E-state index contributed by atoms with van der Waals surface area (Å²) in [6.45, 7) is 8.38. The minimum Gasteiger partial charge on any atom is -0.351 e. The fraction of sp³-hybridized carbons (Fsp3) is 0.476. The molecular weight excluding hydrogens is 338 g/mol. The van der Waals surface area contributed by atoms with Crippen molar-refractivity contribution < 1.29 is 4.79 Å². The zero-order chi connectivity index (χ0) is 19.8. The van der Waals surface area contributed by atoms with E-state index < -0.39 is 0 Å². The Bertz CT molecular complexity index is 731. The van der Waals surface area contributed by atoms with E-state index in [4.69, 9.17) is 0 Å². The number of anilines is 1. The highest BCUT2D eigenvalue weighted by molar-refractivity contribution is 5.92. The van der Waals surface area contributed by atoms with Crippen LogP contribution in [0.3, 0.4) is 0 Å². The Labute approximate surface area is 162 Å². The Morgan fingerprint density at radius 3 is 2.48 bits per heavy atom. The predicted molar refractivity (Wildman–Crippen MR) is 110 cm³/mol. The third-order valence-corrected chi connectivity index (χ3v) is 4.22. The van der Waals surface area contributed by atoms with Gasteiger partial charge < -0.3 is 15.1 Å². The molecule has 0 saturated heterocycles. The van der Waals surface area contributed by atoms with E-state index in [1.165, 1.54) is 5.56 Å². The SMILES string of the molecule is Cc1cc(C(=O)NCCCN(C)C)nc(N(Cc2ccccc2)C(C)C)n1. The van der Waals surface area contributed by atoms with Crippen molar-refractivity contribution in [2.45, 2.75) is 39.8 Å². The number of carbonyl (C=O) groups is 1. The molecule has 0 saturated carbocycles. The van der Waals surface area contributed by atoms with Gasteiger partial charge in [0.1, 0.15) is 5.69 Å². The van der Waals surface area contributed by atoms with Crippen LogP contribution in [0.5, 0.6) is 0 Å². The van der Waals surface area contributed by atoms with Crippen LogP contribution in [0.15, 0.2) is 36.4 Å². The minimum atomic E-state index is -0.149. The van der Waals surface area contributed by atoms with Crippen molar-refractivity contribution in [1.29, 1.82) is 0 Å². The maximum absolute atomic E-state index is 12.5. The maximum atomic E-state index is 12.5. The molecule has 1 aromatic carbocycles. The number of nitrogens with zero attached hydrogens (tertiary/aromatic N) is 4. The number of benzene rings is 1.